The lowest BCUT2D eigenvalue weighted by Gasteiger charge is -2.21. The maximum absolute atomic E-state index is 5.16. The first kappa shape index (κ1) is 19.1. The second kappa shape index (κ2) is 9.33. The van der Waals surface area contributed by atoms with Crippen LogP contribution in [0.1, 0.15) is 42.5 Å². The van der Waals surface area contributed by atoms with Crippen LogP contribution in [0.4, 0.5) is 0 Å². The molecule has 1 fully saturated rings. The molecule has 0 saturated carbocycles. The molecule has 0 bridgehead atoms. The van der Waals surface area contributed by atoms with Gasteiger partial charge in [-0.3, -0.25) is 4.99 Å². The number of hydrogen-bond donors (Lipinski definition) is 0. The first-order valence-corrected chi connectivity index (χ1v) is 10.4. The Morgan fingerprint density at radius 1 is 0.724 bits per heavy atom. The van der Waals surface area contributed by atoms with E-state index in [-0.39, 0.29) is 6.04 Å². The lowest BCUT2D eigenvalue weighted by atomic mass is 10.1. The molecule has 0 aromatic heterocycles. The molecule has 1 aliphatic rings. The van der Waals surface area contributed by atoms with Gasteiger partial charge in [0.2, 0.25) is 0 Å². The van der Waals surface area contributed by atoms with Crippen molar-refractivity contribution in [3.63, 3.8) is 0 Å². The molecule has 0 spiro atoms. The van der Waals surface area contributed by atoms with Gasteiger partial charge in [-0.25, -0.2) is 4.99 Å². The molecule has 1 aliphatic heterocycles. The molecule has 0 N–H and O–H groups in total. The summed E-state index contributed by atoms with van der Waals surface area (Å²) in [6.07, 6.45) is 2.42. The van der Waals surface area contributed by atoms with Crippen molar-refractivity contribution in [1.82, 2.24) is 4.90 Å². The van der Waals surface area contributed by atoms with E-state index in [0.29, 0.717) is 0 Å². The van der Waals surface area contributed by atoms with E-state index in [4.69, 9.17) is 9.98 Å². The summed E-state index contributed by atoms with van der Waals surface area (Å²) in [7, 11) is 0. The minimum absolute atomic E-state index is 0.0331. The monoisotopic (exact) mass is 381 g/mol. The molecule has 146 valence electrons. The van der Waals surface area contributed by atoms with Crippen molar-refractivity contribution in [3.8, 4) is 0 Å². The predicted octanol–water partition coefficient (Wildman–Crippen LogP) is 5.74. The van der Waals surface area contributed by atoms with Crippen LogP contribution in [0, 0.1) is 0 Å². The van der Waals surface area contributed by atoms with Crippen molar-refractivity contribution < 1.29 is 0 Å². The summed E-state index contributed by atoms with van der Waals surface area (Å²) < 4.78 is 0. The van der Waals surface area contributed by atoms with Crippen LogP contribution in [-0.2, 0) is 0 Å². The van der Waals surface area contributed by atoms with E-state index in [9.17, 15) is 0 Å². The van der Waals surface area contributed by atoms with Gasteiger partial charge in [0, 0.05) is 24.2 Å². The zero-order valence-corrected chi connectivity index (χ0v) is 16.9. The van der Waals surface area contributed by atoms with Gasteiger partial charge in [0.25, 0.3) is 0 Å². The lowest BCUT2D eigenvalue weighted by molar-refractivity contribution is 0.521. The summed E-state index contributed by atoms with van der Waals surface area (Å²) in [5, 5.41) is 0. The summed E-state index contributed by atoms with van der Waals surface area (Å²) in [5.74, 6) is 1.80. The predicted molar refractivity (Wildman–Crippen MR) is 122 cm³/mol. The Labute approximate surface area is 173 Å². The topological polar surface area (TPSA) is 28.0 Å². The maximum atomic E-state index is 5.16. The molecule has 29 heavy (non-hydrogen) atoms. The number of rotatable bonds is 4. The number of benzene rings is 3. The number of nitrogens with zero attached hydrogens (tertiary/aromatic N) is 3. The minimum atomic E-state index is 0.0331. The second-order valence-corrected chi connectivity index (χ2v) is 7.40. The van der Waals surface area contributed by atoms with Gasteiger partial charge in [-0.2, -0.15) is 0 Å². The highest BCUT2D eigenvalue weighted by Gasteiger charge is 2.19. The van der Waals surface area contributed by atoms with Crippen molar-refractivity contribution >= 4 is 11.7 Å². The van der Waals surface area contributed by atoms with Gasteiger partial charge in [0.15, 0.2) is 5.84 Å². The highest BCUT2D eigenvalue weighted by molar-refractivity contribution is 6.11. The normalized spacial score (nSPS) is 16.1. The molecule has 4 rings (SSSR count). The molecule has 3 nitrogen and oxygen atoms in total. The third kappa shape index (κ3) is 4.80. The van der Waals surface area contributed by atoms with Crippen LogP contribution < -0.4 is 0 Å². The first-order valence-electron chi connectivity index (χ1n) is 10.4. The van der Waals surface area contributed by atoms with Crippen molar-refractivity contribution in [2.75, 3.05) is 13.1 Å². The van der Waals surface area contributed by atoms with Crippen LogP contribution in [0.3, 0.4) is 0 Å². The first-order chi connectivity index (χ1) is 14.3. The average Bonchev–Trinajstić information content (AvgIpc) is 3.33. The Hall–Kier alpha value is -3.20. The van der Waals surface area contributed by atoms with E-state index in [1.807, 2.05) is 24.3 Å². The highest BCUT2D eigenvalue weighted by atomic mass is 15.2. The van der Waals surface area contributed by atoms with E-state index >= 15 is 0 Å². The number of likely N-dealkylation sites (tertiary alicyclic amines) is 1. The van der Waals surface area contributed by atoms with Crippen LogP contribution in [0.15, 0.2) is 101 Å². The van der Waals surface area contributed by atoms with E-state index in [2.05, 4.69) is 78.6 Å². The third-order valence-corrected chi connectivity index (χ3v) is 5.28. The Balaban J connectivity index is 1.79. The van der Waals surface area contributed by atoms with Crippen molar-refractivity contribution in [2.45, 2.75) is 25.8 Å². The average molecular weight is 382 g/mol. The third-order valence-electron chi connectivity index (χ3n) is 5.28. The molecule has 1 heterocycles. The fourth-order valence-corrected chi connectivity index (χ4v) is 3.68. The standard InChI is InChI=1S/C26H27N3/c1-21(22-13-5-2-6-14-22)27-25(23-15-7-3-8-16-23)28-26(29-19-11-12-20-29)24-17-9-4-10-18-24/h2-10,13-18,21H,11-12,19-20H2,1H3. The van der Waals surface area contributed by atoms with Crippen molar-refractivity contribution in [3.05, 3.63) is 108 Å². The molecule has 3 aromatic carbocycles. The summed E-state index contributed by atoms with van der Waals surface area (Å²) in [4.78, 5) is 12.6. The van der Waals surface area contributed by atoms with Crippen molar-refractivity contribution in [1.29, 1.82) is 0 Å². The van der Waals surface area contributed by atoms with Gasteiger partial charge in [-0.05, 0) is 25.3 Å². The van der Waals surface area contributed by atoms with Crippen molar-refractivity contribution in [2.24, 2.45) is 9.98 Å². The van der Waals surface area contributed by atoms with Gasteiger partial charge in [0.1, 0.15) is 5.84 Å². The molecule has 1 atom stereocenters. The molecule has 1 unspecified atom stereocenters. The Kier molecular flexibility index (Phi) is 6.16. The number of amidine groups is 2. The van der Waals surface area contributed by atoms with Gasteiger partial charge < -0.3 is 4.90 Å². The van der Waals surface area contributed by atoms with Crippen LogP contribution >= 0.6 is 0 Å². The summed E-state index contributed by atoms with van der Waals surface area (Å²) >= 11 is 0. The second-order valence-electron chi connectivity index (χ2n) is 7.40. The molecule has 0 amide bonds. The van der Waals surface area contributed by atoms with E-state index in [1.165, 1.54) is 18.4 Å². The summed E-state index contributed by atoms with van der Waals surface area (Å²) in [5.41, 5.74) is 3.38. The summed E-state index contributed by atoms with van der Waals surface area (Å²) in [6.45, 7) is 4.22. The van der Waals surface area contributed by atoms with E-state index in [0.717, 1.165) is 35.9 Å². The zero-order chi connectivity index (χ0) is 19.9. The zero-order valence-electron chi connectivity index (χ0n) is 16.9. The SMILES string of the molecule is CC(N=C(N=C(c1ccccc1)N1CCCC1)c1ccccc1)c1ccccc1. The quantitative estimate of drug-likeness (QED) is 0.418. The smallest absolute Gasteiger partial charge is 0.157 e. The Bertz CT molecular complexity index is 957. The highest BCUT2D eigenvalue weighted by Crippen LogP contribution is 2.20. The van der Waals surface area contributed by atoms with Gasteiger partial charge in [-0.1, -0.05) is 91.0 Å². The fraction of sp³-hybridized carbons (Fsp3) is 0.231. The number of aliphatic imine (C=N–C) groups is 2. The van der Waals surface area contributed by atoms with Gasteiger partial charge in [0.05, 0.1) is 6.04 Å². The van der Waals surface area contributed by atoms with Gasteiger partial charge in [-0.15, -0.1) is 0 Å². The van der Waals surface area contributed by atoms with Crippen LogP contribution in [0.2, 0.25) is 0 Å². The van der Waals surface area contributed by atoms with Crippen LogP contribution in [0.5, 0.6) is 0 Å². The van der Waals surface area contributed by atoms with E-state index < -0.39 is 0 Å². The molecular formula is C26H27N3. The van der Waals surface area contributed by atoms with E-state index in [1.54, 1.807) is 0 Å². The Morgan fingerprint density at radius 3 is 1.83 bits per heavy atom. The fourth-order valence-electron chi connectivity index (χ4n) is 3.68. The molecule has 0 aliphatic carbocycles. The van der Waals surface area contributed by atoms with Crippen LogP contribution in [0.25, 0.3) is 0 Å². The number of hydrogen-bond acceptors (Lipinski definition) is 1. The Morgan fingerprint density at radius 2 is 1.24 bits per heavy atom. The molecule has 1 saturated heterocycles. The molecule has 0 radical (unpaired) electrons. The van der Waals surface area contributed by atoms with Crippen LogP contribution in [-0.4, -0.2) is 29.7 Å². The molecular weight excluding hydrogens is 354 g/mol. The largest absolute Gasteiger partial charge is 0.356 e. The minimum Gasteiger partial charge on any atom is -0.356 e. The lowest BCUT2D eigenvalue weighted by Crippen LogP contribution is -2.29. The molecule has 3 heteroatoms. The summed E-state index contributed by atoms with van der Waals surface area (Å²) in [6, 6.07) is 31.2. The van der Waals surface area contributed by atoms with Gasteiger partial charge >= 0.3 is 0 Å². The molecule has 3 aromatic rings. The maximum Gasteiger partial charge on any atom is 0.157 e.